The van der Waals surface area contributed by atoms with Gasteiger partial charge in [-0.15, -0.1) is 5.54 Å². The van der Waals surface area contributed by atoms with Crippen LogP contribution >= 0.6 is 0 Å². The van der Waals surface area contributed by atoms with Crippen molar-refractivity contribution in [1.82, 2.24) is 0 Å². The van der Waals surface area contributed by atoms with Crippen molar-refractivity contribution >= 4 is 8.07 Å². The van der Waals surface area contributed by atoms with Crippen molar-refractivity contribution in [3.05, 3.63) is 35.9 Å². The molecule has 0 fully saturated rings. The van der Waals surface area contributed by atoms with E-state index in [1.54, 1.807) is 0 Å². The van der Waals surface area contributed by atoms with E-state index in [4.69, 9.17) is 4.74 Å². The second kappa shape index (κ2) is 9.43. The Morgan fingerprint density at radius 1 is 0.950 bits per heavy atom. The van der Waals surface area contributed by atoms with Crippen LogP contribution in [0.5, 0.6) is 0 Å². The highest BCUT2D eigenvalue weighted by Crippen LogP contribution is 2.18. The van der Waals surface area contributed by atoms with Gasteiger partial charge in [0.25, 0.3) is 0 Å². The van der Waals surface area contributed by atoms with E-state index >= 15 is 0 Å². The first kappa shape index (κ1) is 16.6. The van der Waals surface area contributed by atoms with Crippen LogP contribution in [0.25, 0.3) is 0 Å². The highest BCUT2D eigenvalue weighted by molar-refractivity contribution is 6.87. The van der Waals surface area contributed by atoms with Gasteiger partial charge in [0, 0.05) is 0 Å². The van der Waals surface area contributed by atoms with Gasteiger partial charge in [-0.3, -0.25) is 0 Å². The molecule has 0 saturated carbocycles. The summed E-state index contributed by atoms with van der Waals surface area (Å²) in [6, 6.07) is 13.8. The molecular weight excluding hydrogens is 260 g/mol. The minimum Gasteiger partial charge on any atom is -0.364 e. The Kier molecular flexibility index (Phi) is 7.81. The molecule has 0 amide bonds. The monoisotopic (exact) mass is 284 g/mol. The van der Waals surface area contributed by atoms with E-state index in [-0.39, 0.29) is 0 Å². The molecule has 0 radical (unpaired) electrons. The Balaban J connectivity index is 2.37. The van der Waals surface area contributed by atoms with Gasteiger partial charge >= 0.3 is 0 Å². The fourth-order valence-corrected chi connectivity index (χ4v) is 4.41. The molecule has 1 aromatic rings. The molecule has 1 nitrogen and oxygen atoms in total. The van der Waals surface area contributed by atoms with Crippen molar-refractivity contribution < 1.29 is 4.74 Å². The van der Waals surface area contributed by atoms with Crippen molar-refractivity contribution in [1.29, 1.82) is 0 Å². The average molecular weight is 284 g/mol. The van der Waals surface area contributed by atoms with Gasteiger partial charge in [0.1, 0.15) is 14.7 Å². The summed E-state index contributed by atoms with van der Waals surface area (Å²) in [6.45, 7) is 7.82. The summed E-state index contributed by atoms with van der Waals surface area (Å²) in [5.41, 5.74) is 4.63. The molecule has 0 saturated heterocycles. The lowest BCUT2D eigenvalue weighted by atomic mass is 10.2. The Bertz CT molecular complexity index is 487. The lowest BCUT2D eigenvalue weighted by Crippen LogP contribution is -2.29. The van der Waals surface area contributed by atoms with E-state index in [1.807, 2.05) is 18.2 Å². The first-order valence-electron chi connectivity index (χ1n) is 7.38. The number of ether oxygens (including phenoxy) is 1. The molecule has 106 valence electrons. The fraction of sp³-hybridized carbons (Fsp3) is 0.444. The Hall–Kier alpha value is -1.48. The van der Waals surface area contributed by atoms with Gasteiger partial charge in [-0.1, -0.05) is 57.0 Å². The van der Waals surface area contributed by atoms with E-state index in [0.717, 1.165) is 0 Å². The standard InChI is InChI=1S/C18H24OSi/c1-4-20(5-2,6-3)16-12-8-11-15-19-17-18-13-9-7-10-14-18/h7,9-10,13-14H,4-6,15,17H2,1-3H3. The van der Waals surface area contributed by atoms with Crippen LogP contribution < -0.4 is 0 Å². The summed E-state index contributed by atoms with van der Waals surface area (Å²) in [5, 5.41) is 0. The van der Waals surface area contributed by atoms with E-state index in [1.165, 1.54) is 23.7 Å². The van der Waals surface area contributed by atoms with Gasteiger partial charge in [0.15, 0.2) is 0 Å². The topological polar surface area (TPSA) is 9.23 Å². The van der Waals surface area contributed by atoms with Gasteiger partial charge in [0.05, 0.1) is 6.61 Å². The normalized spacial score (nSPS) is 10.2. The zero-order valence-electron chi connectivity index (χ0n) is 12.8. The third kappa shape index (κ3) is 5.66. The number of benzene rings is 1. The molecule has 0 heterocycles. The molecule has 0 spiro atoms. The molecule has 0 bridgehead atoms. The first-order chi connectivity index (χ1) is 9.76. The predicted molar refractivity (Wildman–Crippen MR) is 88.8 cm³/mol. The van der Waals surface area contributed by atoms with E-state index < -0.39 is 8.07 Å². The summed E-state index contributed by atoms with van der Waals surface area (Å²) >= 11 is 0. The van der Waals surface area contributed by atoms with Gasteiger partial charge in [-0.2, -0.15) is 0 Å². The molecule has 20 heavy (non-hydrogen) atoms. The third-order valence-electron chi connectivity index (χ3n) is 3.79. The van der Waals surface area contributed by atoms with Crippen LogP contribution in [-0.4, -0.2) is 14.7 Å². The summed E-state index contributed by atoms with van der Waals surface area (Å²) < 4.78 is 5.50. The summed E-state index contributed by atoms with van der Waals surface area (Å²) in [5.74, 6) is 8.95. The van der Waals surface area contributed by atoms with Crippen LogP contribution in [0, 0.1) is 23.3 Å². The molecule has 1 aromatic carbocycles. The molecule has 0 N–H and O–H groups in total. The van der Waals surface area contributed by atoms with Crippen LogP contribution in [0.2, 0.25) is 18.1 Å². The largest absolute Gasteiger partial charge is 0.364 e. The lowest BCUT2D eigenvalue weighted by Gasteiger charge is -2.19. The van der Waals surface area contributed by atoms with Crippen LogP contribution in [0.15, 0.2) is 30.3 Å². The molecule has 0 aliphatic heterocycles. The summed E-state index contributed by atoms with van der Waals surface area (Å²) in [6.07, 6.45) is 0. The third-order valence-corrected chi connectivity index (χ3v) is 8.51. The van der Waals surface area contributed by atoms with Crippen molar-refractivity contribution in [2.75, 3.05) is 6.61 Å². The molecule has 0 aromatic heterocycles. The maximum absolute atomic E-state index is 5.50. The average Bonchev–Trinajstić information content (AvgIpc) is 2.52. The fourth-order valence-electron chi connectivity index (χ4n) is 2.05. The van der Waals surface area contributed by atoms with Gasteiger partial charge in [-0.05, 0) is 35.5 Å². The zero-order chi connectivity index (χ0) is 14.7. The molecule has 1 rings (SSSR count). The van der Waals surface area contributed by atoms with E-state index in [0.29, 0.717) is 13.2 Å². The maximum Gasteiger partial charge on any atom is 0.139 e. The predicted octanol–water partition coefficient (Wildman–Crippen LogP) is 4.26. The van der Waals surface area contributed by atoms with Crippen LogP contribution in [0.1, 0.15) is 26.3 Å². The van der Waals surface area contributed by atoms with E-state index in [2.05, 4.69) is 56.2 Å². The first-order valence-corrected chi connectivity index (χ1v) is 10.00. The van der Waals surface area contributed by atoms with Crippen molar-refractivity contribution in [3.8, 4) is 23.3 Å². The van der Waals surface area contributed by atoms with Crippen LogP contribution in [-0.2, 0) is 11.3 Å². The summed E-state index contributed by atoms with van der Waals surface area (Å²) in [7, 11) is -1.34. The zero-order valence-corrected chi connectivity index (χ0v) is 13.8. The van der Waals surface area contributed by atoms with Crippen molar-refractivity contribution in [3.63, 3.8) is 0 Å². The molecule has 0 atom stereocenters. The minimum absolute atomic E-state index is 0.447. The van der Waals surface area contributed by atoms with Crippen molar-refractivity contribution in [2.45, 2.75) is 45.5 Å². The minimum atomic E-state index is -1.34. The second-order valence-corrected chi connectivity index (χ2v) is 9.80. The Morgan fingerprint density at radius 3 is 2.20 bits per heavy atom. The number of hydrogen-bond acceptors (Lipinski definition) is 1. The molecule has 2 heteroatoms. The van der Waals surface area contributed by atoms with Gasteiger partial charge < -0.3 is 4.74 Å². The second-order valence-electron chi connectivity index (χ2n) is 4.87. The Labute approximate surface area is 124 Å². The maximum atomic E-state index is 5.50. The van der Waals surface area contributed by atoms with Gasteiger partial charge in [0.2, 0.25) is 0 Å². The number of hydrogen-bond donors (Lipinski definition) is 0. The smallest absolute Gasteiger partial charge is 0.139 e. The lowest BCUT2D eigenvalue weighted by molar-refractivity contribution is 0.153. The molecule has 0 aliphatic carbocycles. The highest BCUT2D eigenvalue weighted by atomic mass is 28.3. The highest BCUT2D eigenvalue weighted by Gasteiger charge is 2.23. The van der Waals surface area contributed by atoms with Gasteiger partial charge in [-0.25, -0.2) is 0 Å². The van der Waals surface area contributed by atoms with Crippen LogP contribution in [0.3, 0.4) is 0 Å². The molecule has 0 unspecified atom stereocenters. The molecule has 0 aliphatic rings. The van der Waals surface area contributed by atoms with Crippen molar-refractivity contribution in [2.24, 2.45) is 0 Å². The van der Waals surface area contributed by atoms with E-state index in [9.17, 15) is 0 Å². The molecular formula is C18H24OSi. The quantitative estimate of drug-likeness (QED) is 0.431. The Morgan fingerprint density at radius 2 is 1.60 bits per heavy atom. The SMILES string of the molecule is CC[Si](C#CC#CCOCc1ccccc1)(CC)CC. The van der Waals surface area contributed by atoms with Crippen LogP contribution in [0.4, 0.5) is 0 Å². The summed E-state index contributed by atoms with van der Waals surface area (Å²) in [4.78, 5) is 0. The number of rotatable bonds is 6.